The number of carbonyl (C=O) groups excluding carboxylic acids is 1. The van der Waals surface area contributed by atoms with Crippen molar-refractivity contribution in [3.63, 3.8) is 0 Å². The smallest absolute Gasteiger partial charge is 0.162 e. The molecule has 1 aromatic carbocycles. The van der Waals surface area contributed by atoms with Gasteiger partial charge in [-0.15, -0.1) is 0 Å². The lowest BCUT2D eigenvalue weighted by Crippen LogP contribution is -2.04. The Bertz CT molecular complexity index is 346. The summed E-state index contributed by atoms with van der Waals surface area (Å²) in [5.41, 5.74) is 0.768. The molecule has 0 aliphatic heterocycles. The molecule has 0 radical (unpaired) electrons. The zero-order chi connectivity index (χ0) is 11.8. The number of rotatable bonds is 6. The van der Waals surface area contributed by atoms with Crippen molar-refractivity contribution in [1.82, 2.24) is 0 Å². The van der Waals surface area contributed by atoms with E-state index in [2.05, 4.69) is 0 Å². The molecule has 0 bridgehead atoms. The lowest BCUT2D eigenvalue weighted by Gasteiger charge is -2.04. The van der Waals surface area contributed by atoms with Gasteiger partial charge in [-0.05, 0) is 25.6 Å². The maximum atomic E-state index is 11.7. The van der Waals surface area contributed by atoms with Gasteiger partial charge in [-0.2, -0.15) is 0 Å². The zero-order valence-electron chi connectivity index (χ0n) is 9.44. The van der Waals surface area contributed by atoms with E-state index in [1.54, 1.807) is 0 Å². The summed E-state index contributed by atoms with van der Waals surface area (Å²) in [4.78, 5) is 11.7. The Morgan fingerprint density at radius 2 is 1.94 bits per heavy atom. The Kier molecular flexibility index (Phi) is 5.72. The number of ether oxygens (including phenoxy) is 1. The first-order chi connectivity index (χ1) is 7.74. The number of thiocarbonyl (C=S) groups is 1. The monoisotopic (exact) mass is 236 g/mol. The molecule has 0 aliphatic carbocycles. The molecule has 16 heavy (non-hydrogen) atoms. The Hall–Kier alpha value is -1.22. The first-order valence-corrected chi connectivity index (χ1v) is 5.88. The van der Waals surface area contributed by atoms with Crippen molar-refractivity contribution in [3.05, 3.63) is 35.9 Å². The molecule has 0 saturated heterocycles. The van der Waals surface area contributed by atoms with E-state index in [1.807, 2.05) is 37.3 Å². The topological polar surface area (TPSA) is 26.3 Å². The molecule has 0 aromatic heterocycles. The average Bonchev–Trinajstić information content (AvgIpc) is 2.30. The van der Waals surface area contributed by atoms with Crippen molar-refractivity contribution < 1.29 is 9.53 Å². The molecule has 0 N–H and O–H groups in total. The van der Waals surface area contributed by atoms with E-state index in [0.717, 1.165) is 12.0 Å². The summed E-state index contributed by atoms with van der Waals surface area (Å²) in [7, 11) is 0. The number of hydrogen-bond acceptors (Lipinski definition) is 3. The van der Waals surface area contributed by atoms with Gasteiger partial charge in [0.05, 0.1) is 6.61 Å². The van der Waals surface area contributed by atoms with Gasteiger partial charge < -0.3 is 4.74 Å². The largest absolute Gasteiger partial charge is 0.487 e. The third kappa shape index (κ3) is 4.53. The first-order valence-electron chi connectivity index (χ1n) is 5.48. The van der Waals surface area contributed by atoms with E-state index in [1.165, 1.54) is 0 Å². The van der Waals surface area contributed by atoms with Crippen molar-refractivity contribution in [2.45, 2.75) is 26.2 Å². The van der Waals surface area contributed by atoms with Crippen molar-refractivity contribution >= 4 is 23.1 Å². The standard InChI is InChI=1S/C13H16O2S/c1-2-15-13(16)10-6-9-12(14)11-7-4-3-5-8-11/h3-5,7-8H,2,6,9-10H2,1H3. The summed E-state index contributed by atoms with van der Waals surface area (Å²) in [5, 5.41) is 0.600. The van der Waals surface area contributed by atoms with Crippen LogP contribution in [0.3, 0.4) is 0 Å². The highest BCUT2D eigenvalue weighted by atomic mass is 32.1. The zero-order valence-corrected chi connectivity index (χ0v) is 10.3. The normalized spacial score (nSPS) is 9.81. The van der Waals surface area contributed by atoms with E-state index in [9.17, 15) is 4.79 Å². The molecule has 1 aromatic rings. The molecule has 1 rings (SSSR count). The first kappa shape index (κ1) is 12.8. The molecule has 0 amide bonds. The van der Waals surface area contributed by atoms with Crippen LogP contribution in [0.15, 0.2) is 30.3 Å². The van der Waals surface area contributed by atoms with Crippen molar-refractivity contribution in [3.8, 4) is 0 Å². The van der Waals surface area contributed by atoms with Gasteiger partial charge in [-0.3, -0.25) is 4.79 Å². The van der Waals surface area contributed by atoms with Crippen molar-refractivity contribution in [2.75, 3.05) is 6.61 Å². The van der Waals surface area contributed by atoms with Gasteiger partial charge in [-0.25, -0.2) is 0 Å². The van der Waals surface area contributed by atoms with Crippen LogP contribution in [0.2, 0.25) is 0 Å². The molecule has 0 aliphatic rings. The minimum atomic E-state index is 0.167. The van der Waals surface area contributed by atoms with Gasteiger partial charge in [0.25, 0.3) is 0 Å². The molecule has 0 atom stereocenters. The molecule has 86 valence electrons. The third-order valence-corrected chi connectivity index (χ3v) is 2.51. The summed E-state index contributed by atoms with van der Waals surface area (Å²) in [6.45, 7) is 2.51. The van der Waals surface area contributed by atoms with Crippen molar-refractivity contribution in [2.24, 2.45) is 0 Å². The molecule has 0 unspecified atom stereocenters. The van der Waals surface area contributed by atoms with E-state index in [-0.39, 0.29) is 5.78 Å². The lowest BCUT2D eigenvalue weighted by atomic mass is 10.1. The predicted molar refractivity (Wildman–Crippen MR) is 68.8 cm³/mol. The summed E-state index contributed by atoms with van der Waals surface area (Å²) in [6.07, 6.45) is 1.96. The lowest BCUT2D eigenvalue weighted by molar-refractivity contribution is 0.0980. The average molecular weight is 236 g/mol. The van der Waals surface area contributed by atoms with Crippen LogP contribution >= 0.6 is 12.2 Å². The van der Waals surface area contributed by atoms with E-state index < -0.39 is 0 Å². The Balaban J connectivity index is 2.29. The second kappa shape index (κ2) is 7.12. The second-order valence-electron chi connectivity index (χ2n) is 3.45. The maximum Gasteiger partial charge on any atom is 0.162 e. The highest BCUT2D eigenvalue weighted by molar-refractivity contribution is 7.80. The molecule has 0 fully saturated rings. The van der Waals surface area contributed by atoms with Crippen LogP contribution in [0.1, 0.15) is 36.5 Å². The number of ketones is 1. The summed E-state index contributed by atoms with van der Waals surface area (Å²) < 4.78 is 5.15. The van der Waals surface area contributed by atoms with Crippen LogP contribution in [0.25, 0.3) is 0 Å². The summed E-state index contributed by atoms with van der Waals surface area (Å²) in [5.74, 6) is 0.167. The van der Waals surface area contributed by atoms with Crippen LogP contribution in [-0.2, 0) is 4.74 Å². The minimum Gasteiger partial charge on any atom is -0.487 e. The van der Waals surface area contributed by atoms with Crippen LogP contribution < -0.4 is 0 Å². The molecular weight excluding hydrogens is 220 g/mol. The van der Waals surface area contributed by atoms with Gasteiger partial charge in [0, 0.05) is 18.4 Å². The van der Waals surface area contributed by atoms with E-state index >= 15 is 0 Å². The summed E-state index contributed by atoms with van der Waals surface area (Å²) in [6, 6.07) is 9.32. The second-order valence-corrected chi connectivity index (χ2v) is 3.90. The van der Waals surface area contributed by atoms with E-state index in [0.29, 0.717) is 24.5 Å². The van der Waals surface area contributed by atoms with Crippen LogP contribution in [0, 0.1) is 0 Å². The molecular formula is C13H16O2S. The van der Waals surface area contributed by atoms with E-state index in [4.69, 9.17) is 17.0 Å². The maximum absolute atomic E-state index is 11.7. The molecule has 0 spiro atoms. The van der Waals surface area contributed by atoms with Crippen LogP contribution in [-0.4, -0.2) is 17.4 Å². The van der Waals surface area contributed by atoms with Crippen LogP contribution in [0.4, 0.5) is 0 Å². The molecule has 3 heteroatoms. The predicted octanol–water partition coefficient (Wildman–Crippen LogP) is 3.40. The number of carbonyl (C=O) groups is 1. The fourth-order valence-electron chi connectivity index (χ4n) is 1.39. The number of benzene rings is 1. The Morgan fingerprint density at radius 3 is 2.56 bits per heavy atom. The minimum absolute atomic E-state index is 0.167. The highest BCUT2D eigenvalue weighted by Crippen LogP contribution is 2.07. The van der Waals surface area contributed by atoms with Gasteiger partial charge >= 0.3 is 0 Å². The third-order valence-electron chi connectivity index (χ3n) is 2.19. The molecule has 0 heterocycles. The SMILES string of the molecule is CCOC(=S)CCCC(=O)c1ccccc1. The van der Waals surface area contributed by atoms with Gasteiger partial charge in [-0.1, -0.05) is 30.3 Å². The highest BCUT2D eigenvalue weighted by Gasteiger charge is 2.05. The van der Waals surface area contributed by atoms with Gasteiger partial charge in [0.1, 0.15) is 0 Å². The fraction of sp³-hybridized carbons (Fsp3) is 0.385. The number of Topliss-reactive ketones (excluding diaryl/α,β-unsaturated/α-hetero) is 1. The molecule has 0 saturated carbocycles. The van der Waals surface area contributed by atoms with Gasteiger partial charge in [0.2, 0.25) is 0 Å². The number of hydrogen-bond donors (Lipinski definition) is 0. The van der Waals surface area contributed by atoms with Crippen molar-refractivity contribution in [1.29, 1.82) is 0 Å². The molecule has 2 nitrogen and oxygen atoms in total. The summed E-state index contributed by atoms with van der Waals surface area (Å²) >= 11 is 4.99. The van der Waals surface area contributed by atoms with Crippen LogP contribution in [0.5, 0.6) is 0 Å². The Morgan fingerprint density at radius 1 is 1.25 bits per heavy atom. The quantitative estimate of drug-likeness (QED) is 0.559. The van der Waals surface area contributed by atoms with Gasteiger partial charge in [0.15, 0.2) is 10.8 Å². The fourth-order valence-corrected chi connectivity index (χ4v) is 1.66. The Labute approximate surface area is 102 Å².